The van der Waals surface area contributed by atoms with Crippen LogP contribution in [0.4, 0.5) is 0 Å². The van der Waals surface area contributed by atoms with Gasteiger partial charge in [-0.3, -0.25) is 0 Å². The summed E-state index contributed by atoms with van der Waals surface area (Å²) in [5.74, 6) is 1.39. The van der Waals surface area contributed by atoms with E-state index in [4.69, 9.17) is 0 Å². The van der Waals surface area contributed by atoms with E-state index in [9.17, 15) is 0 Å². The lowest BCUT2D eigenvalue weighted by atomic mass is 9.92. The highest BCUT2D eigenvalue weighted by Crippen LogP contribution is 2.37. The molecule has 0 saturated carbocycles. The molecule has 2 aliphatic rings. The molecule has 0 spiro atoms. The van der Waals surface area contributed by atoms with E-state index in [1.165, 1.54) is 12.8 Å². The Labute approximate surface area is 81.0 Å². The van der Waals surface area contributed by atoms with Crippen LogP contribution >= 0.6 is 0 Å². The number of hydrogen-bond acceptors (Lipinski definition) is 0. The third-order valence-electron chi connectivity index (χ3n) is 3.25. The fraction of sp³-hybridized carbons (Fsp3) is 0.538. The molecule has 0 aromatic heterocycles. The van der Waals surface area contributed by atoms with Gasteiger partial charge in [0.25, 0.3) is 0 Å². The molecule has 2 rings (SSSR count). The first-order valence-electron chi connectivity index (χ1n) is 5.25. The quantitative estimate of drug-likeness (QED) is 0.489. The van der Waals surface area contributed by atoms with E-state index in [1.54, 1.807) is 16.7 Å². The van der Waals surface area contributed by atoms with Crippen molar-refractivity contribution in [1.82, 2.24) is 0 Å². The second kappa shape index (κ2) is 3.17. The summed E-state index contributed by atoms with van der Waals surface area (Å²) in [6.07, 6.45) is 9.51. The van der Waals surface area contributed by atoms with Crippen LogP contribution in [-0.4, -0.2) is 0 Å². The van der Waals surface area contributed by atoms with E-state index in [0.717, 1.165) is 5.92 Å². The average molecular weight is 174 g/mol. The minimum atomic E-state index is 0.662. The van der Waals surface area contributed by atoms with Crippen molar-refractivity contribution in [3.8, 4) is 0 Å². The maximum absolute atomic E-state index is 2.44. The van der Waals surface area contributed by atoms with E-state index < -0.39 is 0 Å². The van der Waals surface area contributed by atoms with Crippen LogP contribution in [0.25, 0.3) is 0 Å². The van der Waals surface area contributed by atoms with Crippen LogP contribution in [0.15, 0.2) is 34.9 Å². The fourth-order valence-electron chi connectivity index (χ4n) is 2.66. The van der Waals surface area contributed by atoms with E-state index in [0.29, 0.717) is 5.92 Å². The third-order valence-corrected chi connectivity index (χ3v) is 3.25. The van der Waals surface area contributed by atoms with Crippen LogP contribution in [0.1, 0.15) is 33.6 Å². The smallest absolute Gasteiger partial charge is 0.00400 e. The number of allylic oxidation sites excluding steroid dienone is 6. The molecule has 0 amide bonds. The van der Waals surface area contributed by atoms with Gasteiger partial charge in [0.1, 0.15) is 0 Å². The normalized spacial score (nSPS) is 33.0. The third kappa shape index (κ3) is 1.50. The lowest BCUT2D eigenvalue weighted by Crippen LogP contribution is -1.99. The molecule has 70 valence electrons. The molecule has 0 nitrogen and oxygen atoms in total. The molecule has 0 heterocycles. The summed E-state index contributed by atoms with van der Waals surface area (Å²) < 4.78 is 0. The molecule has 0 aromatic carbocycles. The molecular weight excluding hydrogens is 156 g/mol. The summed E-state index contributed by atoms with van der Waals surface area (Å²) in [6.45, 7) is 6.93. The van der Waals surface area contributed by atoms with Gasteiger partial charge in [-0.25, -0.2) is 0 Å². The van der Waals surface area contributed by atoms with Gasteiger partial charge in [0.05, 0.1) is 0 Å². The molecule has 0 saturated heterocycles. The van der Waals surface area contributed by atoms with Crippen LogP contribution in [0.2, 0.25) is 0 Å². The van der Waals surface area contributed by atoms with Crippen LogP contribution in [0, 0.1) is 11.8 Å². The van der Waals surface area contributed by atoms with Crippen molar-refractivity contribution < 1.29 is 0 Å². The number of rotatable bonds is 0. The van der Waals surface area contributed by atoms with Gasteiger partial charge in [0.2, 0.25) is 0 Å². The lowest BCUT2D eigenvalue weighted by molar-refractivity contribution is 0.687. The Bertz CT molecular complexity index is 302. The maximum Gasteiger partial charge on any atom is -0.00400 e. The predicted molar refractivity (Wildman–Crippen MR) is 57.5 cm³/mol. The van der Waals surface area contributed by atoms with Crippen molar-refractivity contribution >= 4 is 0 Å². The van der Waals surface area contributed by atoms with Crippen LogP contribution < -0.4 is 0 Å². The summed E-state index contributed by atoms with van der Waals surface area (Å²) in [5, 5.41) is 0. The van der Waals surface area contributed by atoms with Crippen molar-refractivity contribution in [2.75, 3.05) is 0 Å². The Hall–Kier alpha value is -0.780. The van der Waals surface area contributed by atoms with E-state index >= 15 is 0 Å². The van der Waals surface area contributed by atoms with Gasteiger partial charge in [-0.2, -0.15) is 0 Å². The predicted octanol–water partition coefficient (Wildman–Crippen LogP) is 3.87. The van der Waals surface area contributed by atoms with E-state index in [1.807, 2.05) is 0 Å². The van der Waals surface area contributed by atoms with Gasteiger partial charge in [0, 0.05) is 0 Å². The summed E-state index contributed by atoms with van der Waals surface area (Å²) in [6, 6.07) is 0. The number of hydrogen-bond donors (Lipinski definition) is 0. The maximum atomic E-state index is 2.44. The summed E-state index contributed by atoms with van der Waals surface area (Å²) >= 11 is 0. The minimum Gasteiger partial charge on any atom is -0.0801 e. The molecule has 0 heteroatoms. The zero-order chi connectivity index (χ0) is 9.42. The molecule has 13 heavy (non-hydrogen) atoms. The standard InChI is InChI=1S/C13H18/c1-9-7-10(2)12-5-4-6-13(12)11(3)8-9/h4-5,8,10-11H,6-7H2,1-3H3. The van der Waals surface area contributed by atoms with Crippen molar-refractivity contribution in [2.45, 2.75) is 33.6 Å². The molecular formula is C13H18. The first-order chi connectivity index (χ1) is 6.18. The van der Waals surface area contributed by atoms with Gasteiger partial charge >= 0.3 is 0 Å². The summed E-state index contributed by atoms with van der Waals surface area (Å²) in [7, 11) is 0. The second-order valence-electron chi connectivity index (χ2n) is 4.49. The average Bonchev–Trinajstić information content (AvgIpc) is 2.47. The van der Waals surface area contributed by atoms with Crippen LogP contribution in [-0.2, 0) is 0 Å². The molecule has 0 bridgehead atoms. The zero-order valence-electron chi connectivity index (χ0n) is 8.80. The monoisotopic (exact) mass is 174 g/mol. The van der Waals surface area contributed by atoms with Gasteiger partial charge in [-0.15, -0.1) is 0 Å². The molecule has 0 N–H and O–H groups in total. The van der Waals surface area contributed by atoms with Gasteiger partial charge in [-0.1, -0.05) is 43.2 Å². The Kier molecular flexibility index (Phi) is 2.15. The molecule has 2 aliphatic carbocycles. The Morgan fingerprint density at radius 3 is 2.85 bits per heavy atom. The Morgan fingerprint density at radius 2 is 2.08 bits per heavy atom. The van der Waals surface area contributed by atoms with Crippen molar-refractivity contribution in [3.63, 3.8) is 0 Å². The first-order valence-corrected chi connectivity index (χ1v) is 5.25. The summed E-state index contributed by atoms with van der Waals surface area (Å²) in [5.41, 5.74) is 4.83. The molecule has 0 radical (unpaired) electrons. The topological polar surface area (TPSA) is 0 Å². The van der Waals surface area contributed by atoms with Crippen molar-refractivity contribution in [1.29, 1.82) is 0 Å². The van der Waals surface area contributed by atoms with Crippen molar-refractivity contribution in [2.24, 2.45) is 11.8 Å². The SMILES string of the molecule is CC1=CC(C)C2=C(C=CC2)C(C)C1. The largest absolute Gasteiger partial charge is 0.0801 e. The van der Waals surface area contributed by atoms with Crippen LogP contribution in [0.3, 0.4) is 0 Å². The first kappa shape index (κ1) is 8.80. The molecule has 0 fully saturated rings. The highest BCUT2D eigenvalue weighted by molar-refractivity contribution is 5.40. The van der Waals surface area contributed by atoms with Crippen molar-refractivity contribution in [3.05, 3.63) is 34.9 Å². The second-order valence-corrected chi connectivity index (χ2v) is 4.49. The summed E-state index contributed by atoms with van der Waals surface area (Å²) in [4.78, 5) is 0. The lowest BCUT2D eigenvalue weighted by Gasteiger charge is -2.12. The molecule has 2 atom stereocenters. The van der Waals surface area contributed by atoms with Gasteiger partial charge in [0.15, 0.2) is 0 Å². The highest BCUT2D eigenvalue weighted by Gasteiger charge is 2.21. The fourth-order valence-corrected chi connectivity index (χ4v) is 2.66. The molecule has 0 aliphatic heterocycles. The molecule has 0 aromatic rings. The van der Waals surface area contributed by atoms with Gasteiger partial charge in [-0.05, 0) is 37.2 Å². The van der Waals surface area contributed by atoms with Gasteiger partial charge < -0.3 is 0 Å². The van der Waals surface area contributed by atoms with E-state index in [2.05, 4.69) is 39.0 Å². The Morgan fingerprint density at radius 1 is 1.31 bits per heavy atom. The zero-order valence-corrected chi connectivity index (χ0v) is 8.80. The molecule has 2 unspecified atom stereocenters. The minimum absolute atomic E-state index is 0.662. The van der Waals surface area contributed by atoms with Crippen LogP contribution in [0.5, 0.6) is 0 Å². The Balaban J connectivity index is 2.37. The van der Waals surface area contributed by atoms with E-state index in [-0.39, 0.29) is 0 Å². The highest BCUT2D eigenvalue weighted by atomic mass is 14.3.